The molecule has 224 valence electrons. The molecule has 0 aliphatic carbocycles. The molecule has 0 amide bonds. The van der Waals surface area contributed by atoms with Crippen LogP contribution in [0.1, 0.15) is 54.6 Å². The molecule has 41 heavy (non-hydrogen) atoms. The summed E-state index contributed by atoms with van der Waals surface area (Å²) in [6, 6.07) is 5.49. The van der Waals surface area contributed by atoms with Crippen LogP contribution in [0.4, 0.5) is 43.7 Å². The number of hydrogen-bond donors (Lipinski definition) is 2. The van der Waals surface area contributed by atoms with Gasteiger partial charge in [0, 0.05) is 50.5 Å². The van der Waals surface area contributed by atoms with Crippen molar-refractivity contribution in [3.8, 4) is 6.01 Å². The van der Waals surface area contributed by atoms with E-state index in [2.05, 4.69) is 20.3 Å². The van der Waals surface area contributed by atoms with Crippen LogP contribution in [0.25, 0.3) is 0 Å². The summed E-state index contributed by atoms with van der Waals surface area (Å²) >= 11 is 0. The fraction of sp³-hybridized carbons (Fsp3) is 0.464. The molecule has 2 N–H and O–H groups in total. The summed E-state index contributed by atoms with van der Waals surface area (Å²) in [7, 11) is 1.50. The topological polar surface area (TPSA) is 83.4 Å². The molecular formula is C28H33F6N5O2. The predicted molar refractivity (Wildman–Crippen MR) is 143 cm³/mol. The summed E-state index contributed by atoms with van der Waals surface area (Å²) in [5, 5.41) is 12.5. The van der Waals surface area contributed by atoms with E-state index in [9.17, 15) is 31.4 Å². The van der Waals surface area contributed by atoms with Crippen molar-refractivity contribution in [3.63, 3.8) is 0 Å². The van der Waals surface area contributed by atoms with Crippen molar-refractivity contribution < 1.29 is 36.2 Å². The highest BCUT2D eigenvalue weighted by molar-refractivity contribution is 5.64. The smallest absolute Gasteiger partial charge is 0.419 e. The Morgan fingerprint density at radius 2 is 1.78 bits per heavy atom. The fourth-order valence-electron chi connectivity index (χ4n) is 4.29. The lowest BCUT2D eigenvalue weighted by atomic mass is 10.1. The Hall–Kier alpha value is -3.61. The third-order valence-corrected chi connectivity index (χ3v) is 6.55. The van der Waals surface area contributed by atoms with Gasteiger partial charge in [-0.25, -0.2) is 4.98 Å². The molecule has 0 bridgehead atoms. The molecule has 2 aromatic heterocycles. The SMILES string of the molecule is CCc1c(CCN(C)c2ncccc2C(F)(F)F)nc(OC(CC)CCO)nc1Nc1ccc(C(F)(F)F)cc1C. The number of nitrogens with one attached hydrogen (secondary N) is 1. The number of aliphatic hydroxyl groups is 1. The quantitative estimate of drug-likeness (QED) is 0.228. The van der Waals surface area contributed by atoms with Crippen molar-refractivity contribution in [1.82, 2.24) is 15.0 Å². The molecule has 3 aromatic rings. The van der Waals surface area contributed by atoms with Gasteiger partial charge in [0.1, 0.15) is 17.7 Å². The summed E-state index contributed by atoms with van der Waals surface area (Å²) < 4.78 is 86.1. The lowest BCUT2D eigenvalue weighted by Crippen LogP contribution is -2.26. The first-order valence-corrected chi connectivity index (χ1v) is 13.1. The maximum Gasteiger partial charge on any atom is 0.419 e. The summed E-state index contributed by atoms with van der Waals surface area (Å²) in [4.78, 5) is 14.4. The number of hydrogen-bond acceptors (Lipinski definition) is 7. The van der Waals surface area contributed by atoms with Gasteiger partial charge in [-0.2, -0.15) is 36.3 Å². The number of anilines is 3. The number of rotatable bonds is 12. The van der Waals surface area contributed by atoms with Gasteiger partial charge in [0.2, 0.25) is 0 Å². The minimum absolute atomic E-state index is 0.0129. The van der Waals surface area contributed by atoms with Crippen molar-refractivity contribution in [2.45, 2.75) is 64.9 Å². The number of alkyl halides is 6. The standard InChI is InChI=1S/C28H33F6N5O2/c1-5-19(12-15-40)41-26-37-23(11-14-39(4)25-21(28(32,33)34)8-7-13-35-25)20(6-2)24(38-26)36-22-10-9-18(16-17(22)3)27(29,30)31/h7-10,13,16,19,40H,5-6,11-12,14-15H2,1-4H3,(H,36,37,38). The van der Waals surface area contributed by atoms with E-state index in [0.717, 1.165) is 18.2 Å². The number of nitrogens with zero attached hydrogens (tertiary/aromatic N) is 4. The van der Waals surface area contributed by atoms with Gasteiger partial charge in [-0.3, -0.25) is 0 Å². The van der Waals surface area contributed by atoms with Crippen LogP contribution < -0.4 is 15.0 Å². The maximum absolute atomic E-state index is 13.6. The van der Waals surface area contributed by atoms with Crippen LogP contribution in [-0.2, 0) is 25.2 Å². The Bertz CT molecular complexity index is 1320. The third-order valence-electron chi connectivity index (χ3n) is 6.55. The van der Waals surface area contributed by atoms with E-state index in [-0.39, 0.29) is 31.4 Å². The van der Waals surface area contributed by atoms with Gasteiger partial charge in [-0.1, -0.05) is 13.8 Å². The van der Waals surface area contributed by atoms with E-state index in [1.165, 1.54) is 37.2 Å². The first kappa shape index (κ1) is 31.9. The Labute approximate surface area is 234 Å². The molecule has 3 rings (SSSR count). The van der Waals surface area contributed by atoms with E-state index in [0.29, 0.717) is 47.6 Å². The lowest BCUT2D eigenvalue weighted by molar-refractivity contribution is -0.138. The van der Waals surface area contributed by atoms with Crippen LogP contribution in [-0.4, -0.2) is 46.4 Å². The molecule has 0 spiro atoms. The maximum atomic E-state index is 13.6. The van der Waals surface area contributed by atoms with Gasteiger partial charge in [0.15, 0.2) is 0 Å². The molecule has 0 saturated carbocycles. The number of aliphatic hydroxyl groups excluding tert-OH is 1. The van der Waals surface area contributed by atoms with Crippen molar-refractivity contribution in [2.75, 3.05) is 30.4 Å². The molecule has 1 unspecified atom stereocenters. The average molecular weight is 586 g/mol. The molecule has 13 heteroatoms. The largest absolute Gasteiger partial charge is 0.460 e. The Morgan fingerprint density at radius 3 is 2.37 bits per heavy atom. The van der Waals surface area contributed by atoms with Gasteiger partial charge < -0.3 is 20.1 Å². The second kappa shape index (κ2) is 13.4. The van der Waals surface area contributed by atoms with Gasteiger partial charge >= 0.3 is 18.4 Å². The molecule has 1 atom stereocenters. The average Bonchev–Trinajstić information content (AvgIpc) is 2.91. The summed E-state index contributed by atoms with van der Waals surface area (Å²) in [6.45, 7) is 5.25. The van der Waals surface area contributed by atoms with Crippen molar-refractivity contribution >= 4 is 17.3 Å². The minimum Gasteiger partial charge on any atom is -0.460 e. The molecule has 2 heterocycles. The number of likely N-dealkylation sites (N-methyl/N-ethyl adjacent to an activating group) is 1. The van der Waals surface area contributed by atoms with E-state index in [1.807, 2.05) is 13.8 Å². The zero-order valence-electron chi connectivity index (χ0n) is 23.2. The normalized spacial score (nSPS) is 12.8. The minimum atomic E-state index is -4.58. The van der Waals surface area contributed by atoms with Gasteiger partial charge in [0.25, 0.3) is 0 Å². The van der Waals surface area contributed by atoms with Crippen molar-refractivity contribution in [1.29, 1.82) is 0 Å². The second-order valence-corrected chi connectivity index (χ2v) is 9.49. The summed E-state index contributed by atoms with van der Waals surface area (Å²) in [6.07, 6.45) is -6.68. The van der Waals surface area contributed by atoms with Crippen LogP contribution in [0.2, 0.25) is 0 Å². The molecule has 0 fully saturated rings. The van der Waals surface area contributed by atoms with Crippen LogP contribution >= 0.6 is 0 Å². The number of aryl methyl sites for hydroxylation is 1. The van der Waals surface area contributed by atoms with E-state index in [4.69, 9.17) is 4.74 Å². The highest BCUT2D eigenvalue weighted by Crippen LogP contribution is 2.36. The van der Waals surface area contributed by atoms with Crippen molar-refractivity contribution in [3.05, 3.63) is 64.5 Å². The van der Waals surface area contributed by atoms with Crippen LogP contribution in [0.5, 0.6) is 6.01 Å². The van der Waals surface area contributed by atoms with Crippen LogP contribution in [0.15, 0.2) is 36.5 Å². The second-order valence-electron chi connectivity index (χ2n) is 9.49. The number of aromatic nitrogens is 3. The van der Waals surface area contributed by atoms with Gasteiger partial charge in [-0.15, -0.1) is 0 Å². The molecular weight excluding hydrogens is 552 g/mol. The van der Waals surface area contributed by atoms with Gasteiger partial charge in [-0.05, 0) is 55.7 Å². The summed E-state index contributed by atoms with van der Waals surface area (Å²) in [5.41, 5.74) is 0.225. The van der Waals surface area contributed by atoms with E-state index in [1.54, 1.807) is 0 Å². The highest BCUT2D eigenvalue weighted by atomic mass is 19.4. The Kier molecular flexibility index (Phi) is 10.4. The number of benzene rings is 1. The van der Waals surface area contributed by atoms with Crippen LogP contribution in [0.3, 0.4) is 0 Å². The monoisotopic (exact) mass is 585 g/mol. The predicted octanol–water partition coefficient (Wildman–Crippen LogP) is 6.74. The number of pyridine rings is 1. The third kappa shape index (κ3) is 8.21. The van der Waals surface area contributed by atoms with Gasteiger partial charge in [0.05, 0.1) is 16.8 Å². The van der Waals surface area contributed by atoms with E-state index < -0.39 is 29.6 Å². The van der Waals surface area contributed by atoms with Crippen LogP contribution in [0, 0.1) is 6.92 Å². The number of ether oxygens (including phenoxy) is 1. The molecule has 0 aliphatic heterocycles. The molecule has 0 saturated heterocycles. The molecule has 7 nitrogen and oxygen atoms in total. The molecule has 1 aromatic carbocycles. The van der Waals surface area contributed by atoms with Crippen molar-refractivity contribution in [2.24, 2.45) is 0 Å². The first-order chi connectivity index (χ1) is 19.3. The zero-order chi connectivity index (χ0) is 30.4. The lowest BCUT2D eigenvalue weighted by Gasteiger charge is -2.23. The zero-order valence-corrected chi connectivity index (χ0v) is 23.2. The highest BCUT2D eigenvalue weighted by Gasteiger charge is 2.35. The summed E-state index contributed by atoms with van der Waals surface area (Å²) in [5.74, 6) is 0.0852. The Balaban J connectivity index is 1.99. The fourth-order valence-corrected chi connectivity index (χ4v) is 4.29. The molecule has 0 aliphatic rings. The number of halogens is 6. The molecule has 0 radical (unpaired) electrons. The Morgan fingerprint density at radius 1 is 1.05 bits per heavy atom. The van der Waals surface area contributed by atoms with E-state index >= 15 is 0 Å². The first-order valence-electron chi connectivity index (χ1n) is 13.1.